The monoisotopic (exact) mass is 321 g/mol. The summed E-state index contributed by atoms with van der Waals surface area (Å²) >= 11 is 16.8. The van der Waals surface area contributed by atoms with Gasteiger partial charge in [0.25, 0.3) is 0 Å². The van der Waals surface area contributed by atoms with E-state index in [2.05, 4.69) is 20.9 Å². The maximum atomic E-state index is 5.94. The van der Waals surface area contributed by atoms with Crippen molar-refractivity contribution < 1.29 is 0 Å². The van der Waals surface area contributed by atoms with Crippen molar-refractivity contribution in [2.24, 2.45) is 0 Å². The predicted octanol–water partition coefficient (Wildman–Crippen LogP) is 5.19. The second kappa shape index (κ2) is 4.42. The summed E-state index contributed by atoms with van der Waals surface area (Å²) in [5, 5.41) is 2.06. The van der Waals surface area contributed by atoms with Gasteiger partial charge >= 0.3 is 0 Å². The fourth-order valence-electron chi connectivity index (χ4n) is 1.13. The molecule has 0 unspecified atom stereocenters. The van der Waals surface area contributed by atoms with Gasteiger partial charge in [-0.25, -0.2) is 4.98 Å². The molecule has 5 heteroatoms. The van der Waals surface area contributed by atoms with Crippen LogP contribution in [0, 0.1) is 6.92 Å². The second-order valence-corrected chi connectivity index (χ2v) is 6.14. The number of hydrogen-bond donors (Lipinski definition) is 0. The average molecular weight is 323 g/mol. The molecule has 0 saturated carbocycles. The first-order chi connectivity index (χ1) is 7.08. The minimum atomic E-state index is 0.554. The molecule has 2 aromatic rings. The Bertz CT molecular complexity index is 491. The van der Waals surface area contributed by atoms with Crippen LogP contribution >= 0.6 is 50.5 Å². The van der Waals surface area contributed by atoms with Crippen LogP contribution in [0.4, 0.5) is 0 Å². The van der Waals surface area contributed by atoms with Crippen LogP contribution in [0.15, 0.2) is 22.0 Å². The Morgan fingerprint density at radius 3 is 2.53 bits per heavy atom. The molecule has 1 nitrogen and oxygen atoms in total. The molecule has 0 aliphatic carbocycles. The molecule has 0 saturated heterocycles. The van der Waals surface area contributed by atoms with E-state index in [-0.39, 0.29) is 0 Å². The van der Waals surface area contributed by atoms with E-state index in [0.717, 1.165) is 20.1 Å². The van der Waals surface area contributed by atoms with Crippen LogP contribution in [-0.4, -0.2) is 4.98 Å². The highest BCUT2D eigenvalue weighted by Crippen LogP contribution is 2.34. The minimum absolute atomic E-state index is 0.554. The van der Waals surface area contributed by atoms with Crippen LogP contribution < -0.4 is 0 Å². The lowest BCUT2D eigenvalue weighted by molar-refractivity contribution is 1.26. The molecule has 0 spiro atoms. The standard InChI is InChI=1S/C10H6BrCl2NS/c1-5-9(11)15-10(14-5)6-2-3-7(12)8(13)4-6/h2-4H,1H3. The molecule has 2 rings (SSSR count). The fraction of sp³-hybridized carbons (Fsp3) is 0.100. The highest BCUT2D eigenvalue weighted by molar-refractivity contribution is 9.11. The van der Waals surface area contributed by atoms with Crippen LogP contribution in [0.3, 0.4) is 0 Å². The lowest BCUT2D eigenvalue weighted by Crippen LogP contribution is -1.77. The van der Waals surface area contributed by atoms with E-state index in [1.807, 2.05) is 19.1 Å². The van der Waals surface area contributed by atoms with Crippen molar-refractivity contribution in [2.75, 3.05) is 0 Å². The Morgan fingerprint density at radius 2 is 2.00 bits per heavy atom. The third-order valence-corrected chi connectivity index (χ3v) is 4.70. The molecular formula is C10H6BrCl2NS. The average Bonchev–Trinajstić information content (AvgIpc) is 2.52. The zero-order chi connectivity index (χ0) is 11.0. The van der Waals surface area contributed by atoms with Gasteiger partial charge in [-0.1, -0.05) is 29.3 Å². The van der Waals surface area contributed by atoms with Gasteiger partial charge in [-0.3, -0.25) is 0 Å². The molecule has 1 aromatic carbocycles. The van der Waals surface area contributed by atoms with Crippen molar-refractivity contribution in [1.29, 1.82) is 0 Å². The van der Waals surface area contributed by atoms with Gasteiger partial charge in [0.2, 0.25) is 0 Å². The van der Waals surface area contributed by atoms with Gasteiger partial charge < -0.3 is 0 Å². The molecule has 1 aromatic heterocycles. The van der Waals surface area contributed by atoms with Crippen LogP contribution in [0.5, 0.6) is 0 Å². The van der Waals surface area contributed by atoms with E-state index in [0.29, 0.717) is 10.0 Å². The topological polar surface area (TPSA) is 12.9 Å². The van der Waals surface area contributed by atoms with Gasteiger partial charge in [0, 0.05) is 5.56 Å². The van der Waals surface area contributed by atoms with Crippen LogP contribution in [-0.2, 0) is 0 Å². The number of rotatable bonds is 1. The third kappa shape index (κ3) is 2.36. The normalized spacial score (nSPS) is 10.7. The largest absolute Gasteiger partial charge is 0.240 e. The molecule has 15 heavy (non-hydrogen) atoms. The zero-order valence-corrected chi connectivity index (χ0v) is 11.6. The quantitative estimate of drug-likeness (QED) is 0.704. The van der Waals surface area contributed by atoms with Crippen molar-refractivity contribution >= 4 is 50.5 Å². The van der Waals surface area contributed by atoms with E-state index in [4.69, 9.17) is 23.2 Å². The number of benzene rings is 1. The first-order valence-electron chi connectivity index (χ1n) is 4.16. The number of aromatic nitrogens is 1. The van der Waals surface area contributed by atoms with Crippen molar-refractivity contribution in [3.63, 3.8) is 0 Å². The third-order valence-electron chi connectivity index (χ3n) is 1.91. The maximum absolute atomic E-state index is 5.94. The summed E-state index contributed by atoms with van der Waals surface area (Å²) in [5.74, 6) is 0. The Morgan fingerprint density at radius 1 is 1.27 bits per heavy atom. The summed E-state index contributed by atoms with van der Waals surface area (Å²) in [7, 11) is 0. The Kier molecular flexibility index (Phi) is 3.36. The smallest absolute Gasteiger partial charge is 0.124 e. The Labute approximate surface area is 110 Å². The molecule has 0 aliphatic heterocycles. The summed E-state index contributed by atoms with van der Waals surface area (Å²) in [5.41, 5.74) is 1.98. The molecule has 0 fully saturated rings. The number of halogens is 3. The Balaban J connectivity index is 2.49. The fourth-order valence-corrected chi connectivity index (χ4v) is 2.77. The lowest BCUT2D eigenvalue weighted by atomic mass is 10.2. The van der Waals surface area contributed by atoms with Gasteiger partial charge in [-0.05, 0) is 35.0 Å². The minimum Gasteiger partial charge on any atom is -0.240 e. The second-order valence-electron chi connectivity index (χ2n) is 3.01. The summed E-state index contributed by atoms with van der Waals surface area (Å²) in [4.78, 5) is 4.42. The molecule has 0 bridgehead atoms. The highest BCUT2D eigenvalue weighted by atomic mass is 79.9. The summed E-state index contributed by atoms with van der Waals surface area (Å²) in [6.45, 7) is 1.96. The molecule has 0 N–H and O–H groups in total. The van der Waals surface area contributed by atoms with Gasteiger partial charge in [-0.15, -0.1) is 11.3 Å². The first-order valence-corrected chi connectivity index (χ1v) is 6.53. The molecule has 0 amide bonds. The zero-order valence-electron chi connectivity index (χ0n) is 7.72. The highest BCUT2D eigenvalue weighted by Gasteiger charge is 2.08. The van der Waals surface area contributed by atoms with Crippen molar-refractivity contribution in [3.8, 4) is 10.6 Å². The van der Waals surface area contributed by atoms with Crippen molar-refractivity contribution in [2.45, 2.75) is 6.92 Å². The van der Waals surface area contributed by atoms with E-state index in [1.165, 1.54) is 0 Å². The molecule has 0 radical (unpaired) electrons. The number of nitrogens with zero attached hydrogens (tertiary/aromatic N) is 1. The van der Waals surface area contributed by atoms with Crippen LogP contribution in [0.2, 0.25) is 10.0 Å². The molecular weight excluding hydrogens is 317 g/mol. The summed E-state index contributed by atoms with van der Waals surface area (Å²) in [6.07, 6.45) is 0. The molecule has 78 valence electrons. The SMILES string of the molecule is Cc1nc(-c2ccc(Cl)c(Cl)c2)sc1Br. The van der Waals surface area contributed by atoms with Gasteiger partial charge in [0.05, 0.1) is 19.5 Å². The van der Waals surface area contributed by atoms with E-state index >= 15 is 0 Å². The molecule has 0 atom stereocenters. The van der Waals surface area contributed by atoms with E-state index in [1.54, 1.807) is 17.4 Å². The van der Waals surface area contributed by atoms with Crippen molar-refractivity contribution in [1.82, 2.24) is 4.98 Å². The number of hydrogen-bond acceptors (Lipinski definition) is 2. The summed E-state index contributed by atoms with van der Waals surface area (Å²) in [6, 6.07) is 5.53. The van der Waals surface area contributed by atoms with Crippen molar-refractivity contribution in [3.05, 3.63) is 37.7 Å². The number of aryl methyl sites for hydroxylation is 1. The summed E-state index contributed by atoms with van der Waals surface area (Å²) < 4.78 is 1.04. The van der Waals surface area contributed by atoms with E-state index < -0.39 is 0 Å². The molecule has 1 heterocycles. The van der Waals surface area contributed by atoms with Gasteiger partial charge in [0.15, 0.2) is 0 Å². The van der Waals surface area contributed by atoms with Crippen LogP contribution in [0.25, 0.3) is 10.6 Å². The molecule has 0 aliphatic rings. The Hall–Kier alpha value is -0.0900. The van der Waals surface area contributed by atoms with E-state index in [9.17, 15) is 0 Å². The van der Waals surface area contributed by atoms with Gasteiger partial charge in [-0.2, -0.15) is 0 Å². The first kappa shape index (κ1) is 11.4. The maximum Gasteiger partial charge on any atom is 0.124 e. The number of thiazole rings is 1. The predicted molar refractivity (Wildman–Crippen MR) is 70.0 cm³/mol. The van der Waals surface area contributed by atoms with Gasteiger partial charge in [0.1, 0.15) is 5.01 Å². The lowest BCUT2D eigenvalue weighted by Gasteiger charge is -1.98. The van der Waals surface area contributed by atoms with Crippen LogP contribution in [0.1, 0.15) is 5.69 Å².